The molecule has 3 unspecified atom stereocenters. The Morgan fingerprint density at radius 3 is 2.05 bits per heavy atom. The lowest BCUT2D eigenvalue weighted by Crippen LogP contribution is -2.60. The Morgan fingerprint density at radius 1 is 0.766 bits per heavy atom. The Kier molecular flexibility index (Phi) is 22.7. The van der Waals surface area contributed by atoms with Crippen LogP contribution >= 0.6 is 0 Å². The molecule has 0 radical (unpaired) electrons. The summed E-state index contributed by atoms with van der Waals surface area (Å²) in [5.74, 6) is 5.22. The van der Waals surface area contributed by atoms with Crippen LogP contribution in [0.4, 0.5) is 0 Å². The smallest absolute Gasteiger partial charge is 0.305 e. The zero-order chi connectivity index (χ0) is 46.1. The van der Waals surface area contributed by atoms with Crippen LogP contribution in [0.2, 0.25) is 0 Å². The first kappa shape index (κ1) is 53.7. The van der Waals surface area contributed by atoms with Crippen molar-refractivity contribution in [3.63, 3.8) is 0 Å². The topological polar surface area (TPSA) is 105 Å². The third-order valence-corrected chi connectivity index (χ3v) is 18.3. The van der Waals surface area contributed by atoms with Gasteiger partial charge in [0.25, 0.3) is 0 Å². The van der Waals surface area contributed by atoms with E-state index < -0.39 is 30.7 Å². The monoisotopic (exact) mass is 897 g/mol. The molecule has 4 aliphatic carbocycles. The number of hydrogen-bond donors (Lipinski definition) is 3. The van der Waals surface area contributed by atoms with Gasteiger partial charge in [-0.05, 0) is 142 Å². The lowest BCUT2D eigenvalue weighted by molar-refractivity contribution is -0.313. The highest BCUT2D eigenvalue weighted by Gasteiger charge is 2.59. The fourth-order valence-electron chi connectivity index (χ4n) is 14.1. The quantitative estimate of drug-likeness (QED) is 0.0390. The molecule has 7 heteroatoms. The van der Waals surface area contributed by atoms with Crippen LogP contribution in [-0.4, -0.2) is 64.7 Å². The van der Waals surface area contributed by atoms with Crippen molar-refractivity contribution >= 4 is 5.97 Å². The number of carbonyl (C=O) groups excluding carboxylic acids is 1. The number of allylic oxidation sites excluding steroid dienone is 3. The van der Waals surface area contributed by atoms with Gasteiger partial charge in [-0.2, -0.15) is 0 Å². The van der Waals surface area contributed by atoms with Gasteiger partial charge in [0.1, 0.15) is 31.0 Å². The Morgan fingerprint density at radius 2 is 1.41 bits per heavy atom. The summed E-state index contributed by atoms with van der Waals surface area (Å²) in [4.78, 5) is 12.7. The van der Waals surface area contributed by atoms with Crippen LogP contribution in [0.1, 0.15) is 235 Å². The molecule has 0 bridgehead atoms. The van der Waals surface area contributed by atoms with Gasteiger partial charge in [0.15, 0.2) is 6.29 Å². The first-order valence-electron chi connectivity index (χ1n) is 27.7. The van der Waals surface area contributed by atoms with Gasteiger partial charge in [-0.25, -0.2) is 0 Å². The van der Waals surface area contributed by atoms with Crippen molar-refractivity contribution in [3.05, 3.63) is 23.8 Å². The summed E-state index contributed by atoms with van der Waals surface area (Å²) in [6, 6.07) is 0. The van der Waals surface area contributed by atoms with Crippen molar-refractivity contribution in [2.75, 3.05) is 6.61 Å². The molecular formula is C57H100O7. The summed E-state index contributed by atoms with van der Waals surface area (Å²) in [5.41, 5.74) is 2.12. The molecule has 14 atom stereocenters. The molecule has 370 valence electrons. The molecule has 0 aromatic rings. The van der Waals surface area contributed by atoms with Gasteiger partial charge in [0.05, 0.1) is 6.10 Å². The summed E-state index contributed by atoms with van der Waals surface area (Å²) < 4.78 is 18.1. The number of ether oxygens (including phenoxy) is 3. The zero-order valence-electron chi connectivity index (χ0n) is 42.4. The summed E-state index contributed by atoms with van der Waals surface area (Å²) in [5, 5.41) is 32.6. The molecule has 0 amide bonds. The number of hydrogen-bond acceptors (Lipinski definition) is 7. The van der Waals surface area contributed by atoms with Gasteiger partial charge in [0, 0.05) is 6.42 Å². The van der Waals surface area contributed by atoms with Crippen LogP contribution in [0.25, 0.3) is 0 Å². The van der Waals surface area contributed by atoms with E-state index in [2.05, 4.69) is 66.7 Å². The molecule has 0 aromatic heterocycles. The van der Waals surface area contributed by atoms with Crippen LogP contribution < -0.4 is 0 Å². The van der Waals surface area contributed by atoms with Crippen molar-refractivity contribution in [1.29, 1.82) is 0 Å². The van der Waals surface area contributed by atoms with Gasteiger partial charge in [-0.15, -0.1) is 0 Å². The van der Waals surface area contributed by atoms with Crippen molar-refractivity contribution in [1.82, 2.24) is 0 Å². The molecule has 5 rings (SSSR count). The highest BCUT2D eigenvalue weighted by atomic mass is 16.7. The number of unbranched alkanes of at least 4 members (excludes halogenated alkanes) is 15. The molecule has 0 spiro atoms. The normalized spacial score (nSPS) is 34.9. The third kappa shape index (κ3) is 14.6. The number of carbonyl (C=O) groups is 1. The minimum atomic E-state index is -1.44. The molecule has 1 saturated heterocycles. The lowest BCUT2D eigenvalue weighted by atomic mass is 9.47. The van der Waals surface area contributed by atoms with Crippen molar-refractivity contribution in [3.8, 4) is 0 Å². The van der Waals surface area contributed by atoms with E-state index in [0.717, 1.165) is 80.5 Å². The minimum absolute atomic E-state index is 0.142. The number of esters is 1. The molecule has 7 nitrogen and oxygen atoms in total. The first-order chi connectivity index (χ1) is 30.8. The second-order valence-corrected chi connectivity index (χ2v) is 22.9. The second-order valence-electron chi connectivity index (χ2n) is 22.9. The molecule has 0 aromatic carbocycles. The van der Waals surface area contributed by atoms with Crippen LogP contribution in [-0.2, 0) is 19.0 Å². The zero-order valence-corrected chi connectivity index (χ0v) is 42.4. The average Bonchev–Trinajstić information content (AvgIpc) is 3.64. The molecule has 3 N–H and O–H groups in total. The van der Waals surface area contributed by atoms with E-state index >= 15 is 0 Å². The van der Waals surface area contributed by atoms with Gasteiger partial charge >= 0.3 is 5.97 Å². The Hall–Kier alpha value is -1.25. The Balaban J connectivity index is 0.966. The largest absolute Gasteiger partial charge is 0.463 e. The van der Waals surface area contributed by atoms with E-state index in [1.165, 1.54) is 140 Å². The van der Waals surface area contributed by atoms with E-state index in [1.54, 1.807) is 0 Å². The van der Waals surface area contributed by atoms with Crippen molar-refractivity contribution in [2.45, 2.75) is 271 Å². The Labute approximate surface area is 393 Å². The molecule has 5 aliphatic rings. The van der Waals surface area contributed by atoms with E-state index in [-0.39, 0.29) is 24.1 Å². The molecule has 3 saturated carbocycles. The number of aliphatic hydroxyl groups excluding tert-OH is 3. The lowest BCUT2D eigenvalue weighted by Gasteiger charge is -2.58. The molecule has 1 heterocycles. The highest BCUT2D eigenvalue weighted by molar-refractivity contribution is 5.69. The van der Waals surface area contributed by atoms with Crippen molar-refractivity contribution < 1.29 is 34.3 Å². The fraction of sp³-hybridized carbons (Fsp3) is 0.912. The Bertz CT molecular complexity index is 1390. The maximum Gasteiger partial charge on any atom is 0.305 e. The number of rotatable bonds is 29. The molecule has 4 fully saturated rings. The molecule has 1 aliphatic heterocycles. The van der Waals surface area contributed by atoms with E-state index in [9.17, 15) is 20.1 Å². The predicted octanol–water partition coefficient (Wildman–Crippen LogP) is 14.0. The molecular weight excluding hydrogens is 797 g/mol. The van der Waals surface area contributed by atoms with E-state index in [0.29, 0.717) is 17.8 Å². The van der Waals surface area contributed by atoms with E-state index in [1.807, 2.05) is 0 Å². The number of fused-ring (bicyclic) bond motifs is 5. The summed E-state index contributed by atoms with van der Waals surface area (Å²) in [6.07, 6.45) is 35.9. The van der Waals surface area contributed by atoms with Crippen molar-refractivity contribution in [2.24, 2.45) is 52.3 Å². The fourth-order valence-corrected chi connectivity index (χ4v) is 14.1. The van der Waals surface area contributed by atoms with Crippen LogP contribution in [0, 0.1) is 52.3 Å². The molecule has 64 heavy (non-hydrogen) atoms. The standard InChI is InChI=1S/C57H100O7/c1-8-10-11-12-13-14-15-16-17-18-19-20-21-22-23-24-25-26-27-28-51(58)62-40-50-52(59)53(60)54(61)55(64-50)63-45-35-37-56(6)44(39-45)31-32-46-48-34-33-47(57(48,7)38-36-49(46)56)42(5)29-30-43(9-2)41(3)4/h16-17,31,41-43,45-50,52-55,59-61H,8-15,18-30,32-40H2,1-7H3/b17-16-/t42-,43-,45+,46+,47-,48+,49+,50?,52-,53?,54?,55-,56+,57-/m1/s1. The van der Waals surface area contributed by atoms with Gasteiger partial charge in [-0.3, -0.25) is 4.79 Å². The van der Waals surface area contributed by atoms with Gasteiger partial charge in [0.2, 0.25) is 0 Å². The summed E-state index contributed by atoms with van der Waals surface area (Å²) in [6.45, 7) is 17.0. The van der Waals surface area contributed by atoms with E-state index in [4.69, 9.17) is 14.2 Å². The SMILES string of the molecule is CCCCCCCC/C=C\CCCCCCCCCCCC(=O)OCC1O[C@@H](O[C@H]2CC[C@@]3(C)C(=CC[C@H]4[C@@H]5CC[C@H]([C@H](C)CC[C@@H](CC)C(C)C)[C@@]5(C)CC[C@@H]43)C2)C(O)C(O)[C@@H]1O. The third-order valence-electron chi connectivity index (χ3n) is 18.3. The van der Waals surface area contributed by atoms with Crippen LogP contribution in [0.5, 0.6) is 0 Å². The number of aliphatic hydroxyl groups is 3. The summed E-state index contributed by atoms with van der Waals surface area (Å²) in [7, 11) is 0. The highest BCUT2D eigenvalue weighted by Crippen LogP contribution is 2.67. The maximum absolute atomic E-state index is 12.7. The predicted molar refractivity (Wildman–Crippen MR) is 263 cm³/mol. The van der Waals surface area contributed by atoms with Gasteiger partial charge in [-0.1, -0.05) is 162 Å². The summed E-state index contributed by atoms with van der Waals surface area (Å²) >= 11 is 0. The maximum atomic E-state index is 12.7. The van der Waals surface area contributed by atoms with Crippen LogP contribution in [0.3, 0.4) is 0 Å². The first-order valence-corrected chi connectivity index (χ1v) is 27.7. The van der Waals surface area contributed by atoms with Crippen LogP contribution in [0.15, 0.2) is 23.8 Å². The minimum Gasteiger partial charge on any atom is -0.463 e. The second kappa shape index (κ2) is 27.1. The average molecular weight is 897 g/mol. The van der Waals surface area contributed by atoms with Gasteiger partial charge < -0.3 is 29.5 Å².